The molecule has 1 unspecified atom stereocenters. The maximum Gasteiger partial charge on any atom is 0.124 e. The topological polar surface area (TPSA) is 17.1 Å². The number of benzene rings is 1. The van der Waals surface area contributed by atoms with Gasteiger partial charge in [-0.2, -0.15) is 12.6 Å². The van der Waals surface area contributed by atoms with Gasteiger partial charge in [-0.15, -0.1) is 0 Å². The van der Waals surface area contributed by atoms with Gasteiger partial charge in [-0.25, -0.2) is 4.39 Å². The van der Waals surface area contributed by atoms with Crippen LogP contribution in [0, 0.1) is 11.7 Å². The lowest BCUT2D eigenvalue weighted by molar-refractivity contribution is -0.110. The fourth-order valence-electron chi connectivity index (χ4n) is 1.12. The van der Waals surface area contributed by atoms with Crippen LogP contribution in [0.2, 0.25) is 0 Å². The van der Waals surface area contributed by atoms with E-state index in [0.29, 0.717) is 12.2 Å². The first-order valence-electron chi connectivity index (χ1n) is 4.07. The Kier molecular flexibility index (Phi) is 3.96. The predicted octanol–water partition coefficient (Wildman–Crippen LogP) is 2.11. The van der Waals surface area contributed by atoms with E-state index >= 15 is 0 Å². The lowest BCUT2D eigenvalue weighted by Crippen LogP contribution is -2.07. The second-order valence-corrected chi connectivity index (χ2v) is 3.28. The first kappa shape index (κ1) is 10.3. The Morgan fingerprint density at radius 2 is 2.31 bits per heavy atom. The molecule has 0 heterocycles. The lowest BCUT2D eigenvalue weighted by atomic mass is 10.0. The fourth-order valence-corrected chi connectivity index (χ4v) is 1.34. The summed E-state index contributed by atoms with van der Waals surface area (Å²) in [5.74, 6) is 0.117. The largest absolute Gasteiger partial charge is 0.303 e. The Hall–Kier alpha value is -0.830. The van der Waals surface area contributed by atoms with Crippen LogP contribution in [0.4, 0.5) is 4.39 Å². The minimum Gasteiger partial charge on any atom is -0.303 e. The van der Waals surface area contributed by atoms with Crippen molar-refractivity contribution in [3.63, 3.8) is 0 Å². The first-order valence-corrected chi connectivity index (χ1v) is 4.70. The molecule has 0 amide bonds. The van der Waals surface area contributed by atoms with Gasteiger partial charge in [0.1, 0.15) is 12.1 Å². The van der Waals surface area contributed by atoms with E-state index in [1.54, 1.807) is 6.07 Å². The third-order valence-corrected chi connectivity index (χ3v) is 2.28. The summed E-state index contributed by atoms with van der Waals surface area (Å²) in [4.78, 5) is 10.5. The summed E-state index contributed by atoms with van der Waals surface area (Å²) in [6.07, 6.45) is 1.42. The zero-order chi connectivity index (χ0) is 9.68. The molecule has 0 aliphatic rings. The van der Waals surface area contributed by atoms with Gasteiger partial charge in [0.2, 0.25) is 0 Å². The van der Waals surface area contributed by atoms with Crippen LogP contribution < -0.4 is 0 Å². The number of rotatable bonds is 4. The van der Waals surface area contributed by atoms with Crippen LogP contribution in [0.15, 0.2) is 24.3 Å². The average Bonchev–Trinajstić information content (AvgIpc) is 2.14. The third-order valence-electron chi connectivity index (χ3n) is 1.81. The summed E-state index contributed by atoms with van der Waals surface area (Å²) in [6, 6.07) is 6.29. The van der Waals surface area contributed by atoms with Gasteiger partial charge in [-0.1, -0.05) is 12.1 Å². The Labute approximate surface area is 82.4 Å². The van der Waals surface area contributed by atoms with Crippen LogP contribution in [0.5, 0.6) is 0 Å². The lowest BCUT2D eigenvalue weighted by Gasteiger charge is -2.05. The molecular formula is C10H11FOS. The number of hydrogen-bond acceptors (Lipinski definition) is 2. The summed E-state index contributed by atoms with van der Waals surface area (Å²) < 4.78 is 12.7. The molecule has 1 aromatic rings. The monoisotopic (exact) mass is 198 g/mol. The maximum atomic E-state index is 12.7. The summed E-state index contributed by atoms with van der Waals surface area (Å²) in [5.41, 5.74) is 0.839. The molecule has 1 aromatic carbocycles. The van der Waals surface area contributed by atoms with Gasteiger partial charge in [0, 0.05) is 11.7 Å². The molecule has 0 spiro atoms. The molecule has 0 bridgehead atoms. The molecule has 1 nitrogen and oxygen atoms in total. The van der Waals surface area contributed by atoms with Crippen LogP contribution in [0.1, 0.15) is 5.56 Å². The maximum absolute atomic E-state index is 12.7. The summed E-state index contributed by atoms with van der Waals surface area (Å²) in [7, 11) is 0. The highest BCUT2D eigenvalue weighted by Crippen LogP contribution is 2.09. The standard InChI is InChI=1S/C10H11FOS/c11-10-3-1-2-8(5-10)4-9(6-12)7-13/h1-3,5-6,9,13H,4,7H2. The molecule has 0 N–H and O–H groups in total. The molecule has 0 fully saturated rings. The van der Waals surface area contributed by atoms with Gasteiger partial charge in [0.15, 0.2) is 0 Å². The number of carbonyl (C=O) groups excluding carboxylic acids is 1. The van der Waals surface area contributed by atoms with Crippen LogP contribution in [0.3, 0.4) is 0 Å². The van der Waals surface area contributed by atoms with Crippen LogP contribution in [-0.4, -0.2) is 12.0 Å². The second-order valence-electron chi connectivity index (χ2n) is 2.91. The van der Waals surface area contributed by atoms with E-state index in [1.165, 1.54) is 12.1 Å². The van der Waals surface area contributed by atoms with Gasteiger partial charge in [-0.3, -0.25) is 0 Å². The second kappa shape index (κ2) is 5.02. The molecule has 13 heavy (non-hydrogen) atoms. The molecule has 1 rings (SSSR count). The Balaban J connectivity index is 2.67. The number of halogens is 1. The highest BCUT2D eigenvalue weighted by Gasteiger charge is 2.06. The predicted molar refractivity (Wildman–Crippen MR) is 53.5 cm³/mol. The normalized spacial score (nSPS) is 12.5. The Morgan fingerprint density at radius 3 is 2.85 bits per heavy atom. The van der Waals surface area contributed by atoms with E-state index in [-0.39, 0.29) is 11.7 Å². The van der Waals surface area contributed by atoms with E-state index < -0.39 is 0 Å². The molecule has 0 aliphatic heterocycles. The molecule has 0 saturated heterocycles. The van der Waals surface area contributed by atoms with E-state index in [9.17, 15) is 9.18 Å². The van der Waals surface area contributed by atoms with Crippen molar-refractivity contribution >= 4 is 18.9 Å². The fraction of sp³-hybridized carbons (Fsp3) is 0.300. The minimum absolute atomic E-state index is 0.120. The van der Waals surface area contributed by atoms with Crippen molar-refractivity contribution in [1.82, 2.24) is 0 Å². The summed E-state index contributed by atoms with van der Waals surface area (Å²) in [6.45, 7) is 0. The number of thiol groups is 1. The molecule has 1 atom stereocenters. The van der Waals surface area contributed by atoms with Gasteiger partial charge in [-0.05, 0) is 24.1 Å². The van der Waals surface area contributed by atoms with Crippen molar-refractivity contribution in [3.8, 4) is 0 Å². The van der Waals surface area contributed by atoms with Crippen molar-refractivity contribution in [2.45, 2.75) is 6.42 Å². The van der Waals surface area contributed by atoms with E-state index in [1.807, 2.05) is 6.07 Å². The van der Waals surface area contributed by atoms with Gasteiger partial charge < -0.3 is 4.79 Å². The van der Waals surface area contributed by atoms with Crippen molar-refractivity contribution < 1.29 is 9.18 Å². The minimum atomic E-state index is -0.263. The molecule has 0 radical (unpaired) electrons. The molecule has 70 valence electrons. The highest BCUT2D eigenvalue weighted by molar-refractivity contribution is 7.80. The highest BCUT2D eigenvalue weighted by atomic mass is 32.1. The zero-order valence-corrected chi connectivity index (χ0v) is 8.01. The third kappa shape index (κ3) is 3.19. The number of hydrogen-bond donors (Lipinski definition) is 1. The van der Waals surface area contributed by atoms with Crippen molar-refractivity contribution in [2.24, 2.45) is 5.92 Å². The average molecular weight is 198 g/mol. The van der Waals surface area contributed by atoms with Crippen molar-refractivity contribution in [2.75, 3.05) is 5.75 Å². The zero-order valence-electron chi connectivity index (χ0n) is 7.11. The van der Waals surface area contributed by atoms with E-state index in [0.717, 1.165) is 11.8 Å². The van der Waals surface area contributed by atoms with Crippen molar-refractivity contribution in [1.29, 1.82) is 0 Å². The van der Waals surface area contributed by atoms with Crippen LogP contribution in [0.25, 0.3) is 0 Å². The van der Waals surface area contributed by atoms with E-state index in [2.05, 4.69) is 12.6 Å². The molecular weight excluding hydrogens is 187 g/mol. The van der Waals surface area contributed by atoms with Gasteiger partial charge >= 0.3 is 0 Å². The Bertz CT molecular complexity index is 288. The SMILES string of the molecule is O=CC(CS)Cc1cccc(F)c1. The molecule has 0 saturated carbocycles. The van der Waals surface area contributed by atoms with Gasteiger partial charge in [0.25, 0.3) is 0 Å². The first-order chi connectivity index (χ1) is 6.26. The molecule has 3 heteroatoms. The smallest absolute Gasteiger partial charge is 0.124 e. The number of aldehydes is 1. The molecule has 0 aromatic heterocycles. The summed E-state index contributed by atoms with van der Waals surface area (Å²) in [5, 5.41) is 0. The molecule has 0 aliphatic carbocycles. The number of carbonyl (C=O) groups is 1. The Morgan fingerprint density at radius 1 is 1.54 bits per heavy atom. The van der Waals surface area contributed by atoms with Crippen LogP contribution >= 0.6 is 12.6 Å². The van der Waals surface area contributed by atoms with Gasteiger partial charge in [0.05, 0.1) is 0 Å². The van der Waals surface area contributed by atoms with Crippen LogP contribution in [-0.2, 0) is 11.2 Å². The quantitative estimate of drug-likeness (QED) is 0.579. The van der Waals surface area contributed by atoms with E-state index in [4.69, 9.17) is 0 Å². The van der Waals surface area contributed by atoms with Crippen molar-refractivity contribution in [3.05, 3.63) is 35.6 Å². The summed E-state index contributed by atoms with van der Waals surface area (Å²) >= 11 is 4.03.